The Kier molecular flexibility index (Phi) is 6.06. The highest BCUT2D eigenvalue weighted by molar-refractivity contribution is 5.44. The van der Waals surface area contributed by atoms with Crippen molar-refractivity contribution in [2.24, 2.45) is 0 Å². The molecular weight excluding hydrogens is 350 g/mol. The van der Waals surface area contributed by atoms with E-state index in [1.54, 1.807) is 14.2 Å². The topological polar surface area (TPSA) is 30.9 Å². The van der Waals surface area contributed by atoms with Gasteiger partial charge in [-0.1, -0.05) is 24.3 Å². The SMILES string of the molecule is COc1ccc(C2CCN(CC[C@H]3CCOc4ccccc43)CC2)cc1OC. The lowest BCUT2D eigenvalue weighted by molar-refractivity contribution is 0.194. The van der Waals surface area contributed by atoms with Crippen LogP contribution < -0.4 is 14.2 Å². The van der Waals surface area contributed by atoms with Gasteiger partial charge in [-0.05, 0) is 86.5 Å². The van der Waals surface area contributed by atoms with Crippen molar-refractivity contribution in [2.75, 3.05) is 40.5 Å². The average Bonchev–Trinajstić information content (AvgIpc) is 2.77. The molecule has 2 heterocycles. The summed E-state index contributed by atoms with van der Waals surface area (Å²) in [5.41, 5.74) is 2.77. The molecule has 2 aromatic rings. The van der Waals surface area contributed by atoms with E-state index in [9.17, 15) is 0 Å². The highest BCUT2D eigenvalue weighted by atomic mass is 16.5. The van der Waals surface area contributed by atoms with E-state index in [0.717, 1.165) is 30.3 Å². The van der Waals surface area contributed by atoms with E-state index >= 15 is 0 Å². The summed E-state index contributed by atoms with van der Waals surface area (Å²) >= 11 is 0. The Morgan fingerprint density at radius 2 is 1.75 bits per heavy atom. The molecule has 0 unspecified atom stereocenters. The van der Waals surface area contributed by atoms with Gasteiger partial charge < -0.3 is 19.1 Å². The maximum atomic E-state index is 5.81. The van der Waals surface area contributed by atoms with E-state index in [1.807, 2.05) is 6.07 Å². The third-order valence-corrected chi connectivity index (χ3v) is 6.34. The van der Waals surface area contributed by atoms with Crippen molar-refractivity contribution in [1.82, 2.24) is 4.90 Å². The largest absolute Gasteiger partial charge is 0.493 e. The summed E-state index contributed by atoms with van der Waals surface area (Å²) in [5, 5.41) is 0. The fourth-order valence-corrected chi connectivity index (χ4v) is 4.65. The number of ether oxygens (including phenoxy) is 3. The van der Waals surface area contributed by atoms with Crippen LogP contribution in [0.15, 0.2) is 42.5 Å². The van der Waals surface area contributed by atoms with Gasteiger partial charge in [-0.15, -0.1) is 0 Å². The second kappa shape index (κ2) is 8.87. The molecule has 0 saturated carbocycles. The smallest absolute Gasteiger partial charge is 0.160 e. The Balaban J connectivity index is 1.31. The van der Waals surface area contributed by atoms with E-state index in [2.05, 4.69) is 41.3 Å². The summed E-state index contributed by atoms with van der Waals surface area (Å²) in [7, 11) is 3.39. The van der Waals surface area contributed by atoms with Crippen molar-refractivity contribution in [3.05, 3.63) is 53.6 Å². The van der Waals surface area contributed by atoms with Crippen molar-refractivity contribution in [1.29, 1.82) is 0 Å². The molecule has 150 valence electrons. The number of likely N-dealkylation sites (tertiary alicyclic amines) is 1. The highest BCUT2D eigenvalue weighted by Gasteiger charge is 2.25. The van der Waals surface area contributed by atoms with Gasteiger partial charge in [-0.3, -0.25) is 0 Å². The third kappa shape index (κ3) is 4.12. The molecule has 1 saturated heterocycles. The van der Waals surface area contributed by atoms with Gasteiger partial charge in [-0.25, -0.2) is 0 Å². The normalized spacial score (nSPS) is 20.3. The van der Waals surface area contributed by atoms with E-state index in [4.69, 9.17) is 14.2 Å². The number of nitrogens with zero attached hydrogens (tertiary/aromatic N) is 1. The molecule has 2 aliphatic heterocycles. The maximum absolute atomic E-state index is 5.81. The van der Waals surface area contributed by atoms with Gasteiger partial charge in [0, 0.05) is 0 Å². The van der Waals surface area contributed by atoms with Gasteiger partial charge in [0.05, 0.1) is 20.8 Å². The molecule has 0 N–H and O–H groups in total. The zero-order valence-corrected chi connectivity index (χ0v) is 17.0. The van der Waals surface area contributed by atoms with Crippen LogP contribution in [0, 0.1) is 0 Å². The molecule has 0 radical (unpaired) electrons. The third-order valence-electron chi connectivity index (χ3n) is 6.34. The van der Waals surface area contributed by atoms with Gasteiger partial charge in [0.15, 0.2) is 11.5 Å². The molecular formula is C24H31NO3. The van der Waals surface area contributed by atoms with Gasteiger partial charge in [0.2, 0.25) is 0 Å². The number of rotatable bonds is 6. The van der Waals surface area contributed by atoms with Crippen LogP contribution in [0.1, 0.15) is 48.6 Å². The molecule has 2 aliphatic rings. The second-order valence-corrected chi connectivity index (χ2v) is 7.89. The molecule has 0 spiro atoms. The molecule has 28 heavy (non-hydrogen) atoms. The first-order valence-electron chi connectivity index (χ1n) is 10.4. The minimum Gasteiger partial charge on any atom is -0.493 e. The second-order valence-electron chi connectivity index (χ2n) is 7.89. The Morgan fingerprint density at radius 1 is 0.964 bits per heavy atom. The maximum Gasteiger partial charge on any atom is 0.160 e. The first-order chi connectivity index (χ1) is 13.8. The number of hydrogen-bond acceptors (Lipinski definition) is 4. The lowest BCUT2D eigenvalue weighted by Gasteiger charge is -2.34. The number of piperidine rings is 1. The Hall–Kier alpha value is -2.20. The van der Waals surface area contributed by atoms with Crippen LogP contribution in [0.3, 0.4) is 0 Å². The Labute approximate surface area is 168 Å². The van der Waals surface area contributed by atoms with Crippen LogP contribution in [0.4, 0.5) is 0 Å². The lowest BCUT2D eigenvalue weighted by Crippen LogP contribution is -2.34. The zero-order chi connectivity index (χ0) is 19.3. The van der Waals surface area contributed by atoms with E-state index < -0.39 is 0 Å². The molecule has 0 bridgehead atoms. The predicted molar refractivity (Wildman–Crippen MR) is 112 cm³/mol. The fraction of sp³-hybridized carbons (Fsp3) is 0.500. The van der Waals surface area contributed by atoms with Crippen molar-refractivity contribution in [3.63, 3.8) is 0 Å². The summed E-state index contributed by atoms with van der Waals surface area (Å²) < 4.78 is 16.7. The van der Waals surface area contributed by atoms with Crippen LogP contribution >= 0.6 is 0 Å². The summed E-state index contributed by atoms with van der Waals surface area (Å²) in [6.07, 6.45) is 4.78. The minimum atomic E-state index is 0.611. The van der Waals surface area contributed by atoms with Gasteiger partial charge in [-0.2, -0.15) is 0 Å². The highest BCUT2D eigenvalue weighted by Crippen LogP contribution is 2.37. The number of benzene rings is 2. The molecule has 1 fully saturated rings. The fourth-order valence-electron chi connectivity index (χ4n) is 4.65. The van der Waals surface area contributed by atoms with Gasteiger partial charge >= 0.3 is 0 Å². The minimum absolute atomic E-state index is 0.611. The van der Waals surface area contributed by atoms with Crippen LogP contribution in [0.2, 0.25) is 0 Å². The molecule has 4 nitrogen and oxygen atoms in total. The molecule has 4 rings (SSSR count). The lowest BCUT2D eigenvalue weighted by atomic mass is 9.87. The standard InChI is InChI=1S/C24H31NO3/c1-26-23-8-7-20(17-24(23)27-2)18-9-13-25(14-10-18)15-11-19-12-16-28-22-6-4-3-5-21(19)22/h3-8,17-19H,9-16H2,1-2H3/t19-/m0/s1. The van der Waals surface area contributed by atoms with E-state index in [1.165, 1.54) is 50.0 Å². The quantitative estimate of drug-likeness (QED) is 0.716. The Bertz CT molecular complexity index is 783. The summed E-state index contributed by atoms with van der Waals surface area (Å²) in [5.74, 6) is 3.97. The predicted octanol–water partition coefficient (Wildman–Crippen LogP) is 4.84. The Morgan fingerprint density at radius 3 is 2.54 bits per heavy atom. The first-order valence-corrected chi connectivity index (χ1v) is 10.4. The van der Waals surface area contributed by atoms with E-state index in [-0.39, 0.29) is 0 Å². The number of methoxy groups -OCH3 is 2. The zero-order valence-electron chi connectivity index (χ0n) is 17.0. The molecule has 0 amide bonds. The van der Waals surface area contributed by atoms with E-state index in [0.29, 0.717) is 11.8 Å². The monoisotopic (exact) mass is 381 g/mol. The number of hydrogen-bond donors (Lipinski definition) is 0. The van der Waals surface area contributed by atoms with Crippen LogP contribution in [0.5, 0.6) is 17.2 Å². The van der Waals surface area contributed by atoms with Crippen LogP contribution in [0.25, 0.3) is 0 Å². The van der Waals surface area contributed by atoms with Crippen LogP contribution in [-0.2, 0) is 0 Å². The van der Waals surface area contributed by atoms with Gasteiger partial charge in [0.1, 0.15) is 5.75 Å². The van der Waals surface area contributed by atoms with Crippen molar-refractivity contribution in [2.45, 2.75) is 37.5 Å². The summed E-state index contributed by atoms with van der Waals surface area (Å²) in [6, 6.07) is 14.9. The van der Waals surface area contributed by atoms with Crippen molar-refractivity contribution in [3.8, 4) is 17.2 Å². The number of para-hydroxylation sites is 1. The first kappa shape index (κ1) is 19.1. The molecule has 2 aromatic carbocycles. The summed E-state index contributed by atoms with van der Waals surface area (Å²) in [4.78, 5) is 2.63. The molecule has 1 atom stereocenters. The van der Waals surface area contributed by atoms with Crippen molar-refractivity contribution >= 4 is 0 Å². The number of fused-ring (bicyclic) bond motifs is 1. The van der Waals surface area contributed by atoms with Gasteiger partial charge in [0.25, 0.3) is 0 Å². The molecule has 4 heteroatoms. The molecule has 0 aliphatic carbocycles. The summed E-state index contributed by atoms with van der Waals surface area (Å²) in [6.45, 7) is 4.37. The van der Waals surface area contributed by atoms with Crippen LogP contribution in [-0.4, -0.2) is 45.4 Å². The molecule has 0 aromatic heterocycles. The average molecular weight is 382 g/mol. The van der Waals surface area contributed by atoms with Crippen molar-refractivity contribution < 1.29 is 14.2 Å².